The Morgan fingerprint density at radius 3 is 2.79 bits per heavy atom. The Hall–Kier alpha value is -3.01. The van der Waals surface area contributed by atoms with Crippen molar-refractivity contribution in [1.29, 1.82) is 0 Å². The summed E-state index contributed by atoms with van der Waals surface area (Å²) in [5, 5.41) is 9.99. The third kappa shape index (κ3) is 3.33. The zero-order valence-corrected chi connectivity index (χ0v) is 13.4. The van der Waals surface area contributed by atoms with Crippen molar-refractivity contribution in [3.63, 3.8) is 0 Å². The average Bonchev–Trinajstić information content (AvgIpc) is 3.01. The summed E-state index contributed by atoms with van der Waals surface area (Å²) in [5.74, 6) is -0.292. The molecule has 0 bridgehead atoms. The lowest BCUT2D eigenvalue weighted by Crippen LogP contribution is -2.04. The van der Waals surface area contributed by atoms with E-state index >= 15 is 0 Å². The summed E-state index contributed by atoms with van der Waals surface area (Å²) in [6.45, 7) is 6.28. The van der Waals surface area contributed by atoms with E-state index < -0.39 is 5.97 Å². The maximum absolute atomic E-state index is 11.0. The highest BCUT2D eigenvalue weighted by molar-refractivity contribution is 5.89. The smallest absolute Gasteiger partial charge is 0.307 e. The first-order valence-corrected chi connectivity index (χ1v) is 7.63. The summed E-state index contributed by atoms with van der Waals surface area (Å²) in [5.41, 5.74) is 4.33. The lowest BCUT2D eigenvalue weighted by atomic mass is 10.0. The van der Waals surface area contributed by atoms with Gasteiger partial charge in [0.25, 0.3) is 0 Å². The second-order valence-corrected chi connectivity index (χ2v) is 5.73. The van der Waals surface area contributed by atoms with Crippen molar-refractivity contribution in [1.82, 2.24) is 0 Å². The molecule has 0 saturated heterocycles. The molecule has 122 valence electrons. The van der Waals surface area contributed by atoms with Crippen LogP contribution in [0.25, 0.3) is 16.5 Å². The highest BCUT2D eigenvalue weighted by atomic mass is 16.5. The van der Waals surface area contributed by atoms with Gasteiger partial charge in [-0.05, 0) is 42.3 Å². The number of rotatable bonds is 6. The Balaban J connectivity index is 1.86. The largest absolute Gasteiger partial charge is 0.489 e. The van der Waals surface area contributed by atoms with Crippen molar-refractivity contribution >= 4 is 22.5 Å². The van der Waals surface area contributed by atoms with E-state index in [1.165, 1.54) is 0 Å². The number of benzene rings is 2. The van der Waals surface area contributed by atoms with Crippen molar-refractivity contribution in [3.05, 3.63) is 72.0 Å². The Morgan fingerprint density at radius 2 is 2.04 bits per heavy atom. The minimum absolute atomic E-state index is 0.0616. The van der Waals surface area contributed by atoms with E-state index in [0.29, 0.717) is 17.9 Å². The molecule has 0 unspecified atom stereocenters. The number of hydrogen-bond acceptors (Lipinski definition) is 3. The predicted molar refractivity (Wildman–Crippen MR) is 93.0 cm³/mol. The van der Waals surface area contributed by atoms with E-state index in [4.69, 9.17) is 14.3 Å². The fraction of sp³-hybridized carbons (Fsp3) is 0.150. The third-order valence-electron chi connectivity index (χ3n) is 3.78. The van der Waals surface area contributed by atoms with Crippen molar-refractivity contribution in [2.45, 2.75) is 20.0 Å². The Bertz CT molecular complexity index is 905. The average molecular weight is 322 g/mol. The highest BCUT2D eigenvalue weighted by Gasteiger charge is 2.10. The van der Waals surface area contributed by atoms with Gasteiger partial charge in [0.1, 0.15) is 17.9 Å². The second-order valence-electron chi connectivity index (χ2n) is 5.73. The summed E-state index contributed by atoms with van der Waals surface area (Å²) in [6.07, 6.45) is 1.60. The molecule has 0 saturated carbocycles. The SMILES string of the molecule is C=C(C)c1cc(COc2ccccc2CC(=O)O)cc2ccoc12. The molecule has 0 radical (unpaired) electrons. The van der Waals surface area contributed by atoms with E-state index in [2.05, 4.69) is 6.58 Å². The molecule has 0 aliphatic rings. The van der Waals surface area contributed by atoms with Crippen molar-refractivity contribution in [2.75, 3.05) is 0 Å². The molecule has 1 N–H and O–H groups in total. The molecule has 4 heteroatoms. The molecule has 0 aliphatic carbocycles. The van der Waals surface area contributed by atoms with Crippen LogP contribution < -0.4 is 4.74 Å². The molecular formula is C20H18O4. The molecule has 3 rings (SSSR count). The Morgan fingerprint density at radius 1 is 1.25 bits per heavy atom. The molecule has 4 nitrogen and oxygen atoms in total. The van der Waals surface area contributed by atoms with E-state index in [1.807, 2.05) is 37.3 Å². The third-order valence-corrected chi connectivity index (χ3v) is 3.78. The zero-order valence-electron chi connectivity index (χ0n) is 13.4. The van der Waals surface area contributed by atoms with E-state index in [1.54, 1.807) is 18.4 Å². The van der Waals surface area contributed by atoms with Gasteiger partial charge >= 0.3 is 5.97 Å². The number of ether oxygens (including phenoxy) is 1. The molecule has 0 aliphatic heterocycles. The van der Waals surface area contributed by atoms with Gasteiger partial charge in [0, 0.05) is 16.5 Å². The molecule has 0 fully saturated rings. The standard InChI is InChI=1S/C20H18O4/c1-13(2)17-10-14(9-16-7-8-23-20(16)17)12-24-18-6-4-3-5-15(18)11-19(21)22/h3-10H,1,11-12H2,2H3,(H,21,22). The van der Waals surface area contributed by atoms with Gasteiger partial charge in [0.15, 0.2) is 0 Å². The summed E-state index contributed by atoms with van der Waals surface area (Å²) < 4.78 is 11.4. The maximum Gasteiger partial charge on any atom is 0.307 e. The number of fused-ring (bicyclic) bond motifs is 1. The van der Waals surface area contributed by atoms with Gasteiger partial charge in [-0.2, -0.15) is 0 Å². The molecule has 3 aromatic rings. The first-order chi connectivity index (χ1) is 11.5. The molecule has 0 atom stereocenters. The number of para-hydroxylation sites is 1. The number of hydrogen-bond donors (Lipinski definition) is 1. The number of furan rings is 1. The molecule has 0 amide bonds. The van der Waals surface area contributed by atoms with Gasteiger partial charge in [0.05, 0.1) is 12.7 Å². The van der Waals surface area contributed by atoms with Gasteiger partial charge in [0.2, 0.25) is 0 Å². The lowest BCUT2D eigenvalue weighted by Gasteiger charge is -2.12. The lowest BCUT2D eigenvalue weighted by molar-refractivity contribution is -0.136. The number of allylic oxidation sites excluding steroid dienone is 1. The summed E-state index contributed by atoms with van der Waals surface area (Å²) in [4.78, 5) is 11.0. The summed E-state index contributed by atoms with van der Waals surface area (Å²) in [7, 11) is 0. The number of carboxylic acid groups (broad SMARTS) is 1. The van der Waals surface area contributed by atoms with Crippen LogP contribution in [0.2, 0.25) is 0 Å². The van der Waals surface area contributed by atoms with E-state index in [-0.39, 0.29) is 6.42 Å². The molecule has 0 spiro atoms. The van der Waals surface area contributed by atoms with Gasteiger partial charge in [-0.1, -0.05) is 24.8 Å². The quantitative estimate of drug-likeness (QED) is 0.716. The van der Waals surface area contributed by atoms with Crippen LogP contribution in [-0.4, -0.2) is 11.1 Å². The summed E-state index contributed by atoms with van der Waals surface area (Å²) >= 11 is 0. The summed E-state index contributed by atoms with van der Waals surface area (Å²) in [6, 6.07) is 13.1. The molecule has 24 heavy (non-hydrogen) atoms. The van der Waals surface area contributed by atoms with Crippen LogP contribution in [0.15, 0.2) is 59.7 Å². The molecular weight excluding hydrogens is 304 g/mol. The van der Waals surface area contributed by atoms with Crippen LogP contribution in [0.3, 0.4) is 0 Å². The van der Waals surface area contributed by atoms with Crippen LogP contribution in [0.4, 0.5) is 0 Å². The van der Waals surface area contributed by atoms with Crippen molar-refractivity contribution in [2.24, 2.45) is 0 Å². The van der Waals surface area contributed by atoms with Crippen molar-refractivity contribution < 1.29 is 19.1 Å². The van der Waals surface area contributed by atoms with Gasteiger partial charge in [-0.15, -0.1) is 0 Å². The second kappa shape index (κ2) is 6.62. The topological polar surface area (TPSA) is 59.7 Å². The predicted octanol–water partition coefficient (Wildman–Crippen LogP) is 4.67. The number of carboxylic acids is 1. The highest BCUT2D eigenvalue weighted by Crippen LogP contribution is 2.28. The van der Waals surface area contributed by atoms with E-state index in [0.717, 1.165) is 27.7 Å². The first-order valence-electron chi connectivity index (χ1n) is 7.63. The zero-order chi connectivity index (χ0) is 17.1. The van der Waals surface area contributed by atoms with Crippen LogP contribution in [0.5, 0.6) is 5.75 Å². The minimum Gasteiger partial charge on any atom is -0.489 e. The van der Waals surface area contributed by atoms with Crippen molar-refractivity contribution in [3.8, 4) is 5.75 Å². The van der Waals surface area contributed by atoms with Gasteiger partial charge < -0.3 is 14.3 Å². The fourth-order valence-electron chi connectivity index (χ4n) is 2.66. The number of aliphatic carboxylic acids is 1. The van der Waals surface area contributed by atoms with Crippen LogP contribution in [-0.2, 0) is 17.8 Å². The van der Waals surface area contributed by atoms with E-state index in [9.17, 15) is 4.79 Å². The van der Waals surface area contributed by atoms with Gasteiger partial charge in [-0.3, -0.25) is 4.79 Å². The van der Waals surface area contributed by atoms with Gasteiger partial charge in [-0.25, -0.2) is 0 Å². The minimum atomic E-state index is -0.879. The molecule has 2 aromatic carbocycles. The first kappa shape index (κ1) is 15.9. The normalized spacial score (nSPS) is 10.7. The Labute approximate surface area is 140 Å². The Kier molecular flexibility index (Phi) is 4.38. The molecule has 1 heterocycles. The fourth-order valence-corrected chi connectivity index (χ4v) is 2.66. The van der Waals surface area contributed by atoms with Crippen LogP contribution >= 0.6 is 0 Å². The number of carbonyl (C=O) groups is 1. The maximum atomic E-state index is 11.0. The van der Waals surface area contributed by atoms with Crippen LogP contribution in [0, 0.1) is 0 Å². The monoisotopic (exact) mass is 322 g/mol. The van der Waals surface area contributed by atoms with Crippen LogP contribution in [0.1, 0.15) is 23.6 Å². The molecule has 1 aromatic heterocycles.